The molecule has 0 saturated heterocycles. The maximum Gasteiger partial charge on any atom is 0.410 e. The molecule has 1 aliphatic heterocycles. The monoisotopic (exact) mass is 280 g/mol. The molecule has 2 rings (SSSR count). The summed E-state index contributed by atoms with van der Waals surface area (Å²) in [5.41, 5.74) is 8.35. The third-order valence-electron chi connectivity index (χ3n) is 3.08. The number of fused-ring (bicyclic) bond motifs is 1. The van der Waals surface area contributed by atoms with E-state index in [1.807, 2.05) is 32.9 Å². The fraction of sp³-hybridized carbons (Fsp3) is 0.500. The molecule has 0 spiro atoms. The Morgan fingerprint density at radius 2 is 2.05 bits per heavy atom. The topological polar surface area (TPSA) is 55.6 Å². The molecule has 0 radical (unpaired) electrons. The highest BCUT2D eigenvalue weighted by Gasteiger charge is 2.27. The molecule has 1 amide bonds. The lowest BCUT2D eigenvalue weighted by atomic mass is 9.98. The van der Waals surface area contributed by atoms with Gasteiger partial charge in [-0.1, -0.05) is 0 Å². The Morgan fingerprint density at radius 1 is 1.37 bits per heavy atom. The van der Waals surface area contributed by atoms with Crippen molar-refractivity contribution in [2.75, 3.05) is 12.3 Å². The van der Waals surface area contributed by atoms with Gasteiger partial charge in [0.1, 0.15) is 5.60 Å². The van der Waals surface area contributed by atoms with Crippen molar-refractivity contribution in [3.63, 3.8) is 0 Å². The minimum absolute atomic E-state index is 0.290. The third kappa shape index (κ3) is 3.15. The van der Waals surface area contributed by atoms with Crippen LogP contribution in [0.3, 0.4) is 0 Å². The summed E-state index contributed by atoms with van der Waals surface area (Å²) in [5, 5.41) is 0. The normalized spacial score (nSPS) is 15.1. The van der Waals surface area contributed by atoms with E-state index in [2.05, 4.69) is 12.6 Å². The number of hydrogen-bond donors (Lipinski definition) is 2. The van der Waals surface area contributed by atoms with Gasteiger partial charge in [-0.2, -0.15) is 0 Å². The fourth-order valence-electron chi connectivity index (χ4n) is 2.16. The Hall–Kier alpha value is -1.36. The number of carbonyl (C=O) groups excluding carboxylic acids is 1. The van der Waals surface area contributed by atoms with Gasteiger partial charge in [-0.3, -0.25) is 0 Å². The smallest absolute Gasteiger partial charge is 0.410 e. The molecular weight excluding hydrogens is 260 g/mol. The van der Waals surface area contributed by atoms with E-state index >= 15 is 0 Å². The van der Waals surface area contributed by atoms with Gasteiger partial charge < -0.3 is 15.4 Å². The number of nitrogens with zero attached hydrogens (tertiary/aromatic N) is 1. The fourth-order valence-corrected chi connectivity index (χ4v) is 2.48. The van der Waals surface area contributed by atoms with Crippen molar-refractivity contribution in [2.24, 2.45) is 0 Å². The zero-order chi connectivity index (χ0) is 14.2. The zero-order valence-electron chi connectivity index (χ0n) is 11.6. The lowest BCUT2D eigenvalue weighted by Gasteiger charge is -2.32. The summed E-state index contributed by atoms with van der Waals surface area (Å²) >= 11 is 4.44. The molecule has 19 heavy (non-hydrogen) atoms. The number of thiol groups is 1. The van der Waals surface area contributed by atoms with Crippen LogP contribution in [0.2, 0.25) is 0 Å². The van der Waals surface area contributed by atoms with Crippen molar-refractivity contribution in [3.8, 4) is 0 Å². The van der Waals surface area contributed by atoms with Crippen LogP contribution in [-0.4, -0.2) is 23.1 Å². The Morgan fingerprint density at radius 3 is 2.68 bits per heavy atom. The molecule has 0 atom stereocenters. The van der Waals surface area contributed by atoms with Crippen molar-refractivity contribution < 1.29 is 9.53 Å². The minimum Gasteiger partial charge on any atom is -0.444 e. The van der Waals surface area contributed by atoms with E-state index in [9.17, 15) is 4.79 Å². The van der Waals surface area contributed by atoms with Crippen LogP contribution in [0.4, 0.5) is 10.5 Å². The van der Waals surface area contributed by atoms with Crippen molar-refractivity contribution in [2.45, 2.75) is 44.2 Å². The number of rotatable bonds is 0. The summed E-state index contributed by atoms with van der Waals surface area (Å²) in [6.45, 7) is 6.72. The highest BCUT2D eigenvalue weighted by Crippen LogP contribution is 2.30. The Bertz CT molecular complexity index is 509. The molecule has 0 saturated carbocycles. The highest BCUT2D eigenvalue weighted by molar-refractivity contribution is 7.80. The molecule has 1 heterocycles. The number of carbonyl (C=O) groups is 1. The molecule has 1 aliphatic rings. The Kier molecular flexibility index (Phi) is 3.67. The summed E-state index contributed by atoms with van der Waals surface area (Å²) < 4.78 is 5.39. The van der Waals surface area contributed by atoms with Gasteiger partial charge in [-0.25, -0.2) is 4.79 Å². The molecule has 0 fully saturated rings. The maximum atomic E-state index is 12.1. The van der Waals surface area contributed by atoms with E-state index in [0.717, 1.165) is 22.4 Å². The molecule has 1 aromatic rings. The number of hydrogen-bond acceptors (Lipinski definition) is 4. The van der Waals surface area contributed by atoms with Gasteiger partial charge in [0.25, 0.3) is 0 Å². The lowest BCUT2D eigenvalue weighted by Crippen LogP contribution is -2.40. The van der Waals surface area contributed by atoms with E-state index in [1.54, 1.807) is 4.90 Å². The summed E-state index contributed by atoms with van der Waals surface area (Å²) in [5.74, 6) is 0. The summed E-state index contributed by atoms with van der Waals surface area (Å²) in [4.78, 5) is 14.7. The van der Waals surface area contributed by atoms with Crippen LogP contribution in [0.15, 0.2) is 17.0 Å². The van der Waals surface area contributed by atoms with Crippen molar-refractivity contribution in [1.82, 2.24) is 4.90 Å². The predicted octanol–water partition coefficient (Wildman–Crippen LogP) is 2.85. The van der Waals surface area contributed by atoms with Gasteiger partial charge in [-0.15, -0.1) is 12.6 Å². The maximum absolute atomic E-state index is 12.1. The Labute approximate surface area is 119 Å². The van der Waals surface area contributed by atoms with Crippen molar-refractivity contribution >= 4 is 24.4 Å². The SMILES string of the molecule is CC(C)(C)OC(=O)N1CCc2c(S)ccc(N)c2C1. The van der Waals surface area contributed by atoms with Crippen LogP contribution in [0, 0.1) is 0 Å². The standard InChI is InChI=1S/C14H20N2O2S/c1-14(2,3)18-13(17)16-7-6-9-10(8-16)11(15)4-5-12(9)19/h4-5,19H,6-8,15H2,1-3H3. The zero-order valence-corrected chi connectivity index (χ0v) is 12.5. The van der Waals surface area contributed by atoms with Crippen LogP contribution in [0.1, 0.15) is 31.9 Å². The van der Waals surface area contributed by atoms with Crippen LogP contribution >= 0.6 is 12.6 Å². The molecular formula is C14H20N2O2S. The number of anilines is 1. The molecule has 0 aliphatic carbocycles. The minimum atomic E-state index is -0.478. The first kappa shape index (κ1) is 14.1. The highest BCUT2D eigenvalue weighted by atomic mass is 32.1. The Balaban J connectivity index is 2.18. The average molecular weight is 280 g/mol. The van der Waals surface area contributed by atoms with Gasteiger partial charge in [0.2, 0.25) is 0 Å². The van der Waals surface area contributed by atoms with Crippen molar-refractivity contribution in [3.05, 3.63) is 23.3 Å². The largest absolute Gasteiger partial charge is 0.444 e. The summed E-state index contributed by atoms with van der Waals surface area (Å²) in [6, 6.07) is 3.74. The number of benzene rings is 1. The van der Waals surface area contributed by atoms with E-state index < -0.39 is 5.60 Å². The van der Waals surface area contributed by atoms with Crippen molar-refractivity contribution in [1.29, 1.82) is 0 Å². The number of ether oxygens (including phenoxy) is 1. The number of nitrogens with two attached hydrogens (primary N) is 1. The molecule has 1 aromatic carbocycles. The second kappa shape index (κ2) is 4.96. The van der Waals surface area contributed by atoms with Gasteiger partial charge in [0, 0.05) is 17.1 Å². The number of amides is 1. The molecule has 2 N–H and O–H groups in total. The van der Waals surface area contributed by atoms with Crippen LogP contribution in [0.25, 0.3) is 0 Å². The summed E-state index contributed by atoms with van der Waals surface area (Å²) in [7, 11) is 0. The molecule has 104 valence electrons. The van der Waals surface area contributed by atoms with Gasteiger partial charge >= 0.3 is 6.09 Å². The molecule has 0 unspecified atom stereocenters. The third-order valence-corrected chi connectivity index (χ3v) is 3.49. The van der Waals surface area contributed by atoms with Crippen LogP contribution in [0.5, 0.6) is 0 Å². The van der Waals surface area contributed by atoms with Crippen LogP contribution in [-0.2, 0) is 17.7 Å². The molecule has 5 heteroatoms. The predicted molar refractivity (Wildman–Crippen MR) is 78.5 cm³/mol. The van der Waals surface area contributed by atoms with Gasteiger partial charge in [0.15, 0.2) is 0 Å². The van der Waals surface area contributed by atoms with E-state index in [4.69, 9.17) is 10.5 Å². The van der Waals surface area contributed by atoms with Gasteiger partial charge in [-0.05, 0) is 50.5 Å². The summed E-state index contributed by atoms with van der Waals surface area (Å²) in [6.07, 6.45) is 0.473. The number of nitrogen functional groups attached to an aromatic ring is 1. The van der Waals surface area contributed by atoms with E-state index in [0.29, 0.717) is 18.8 Å². The second-order valence-corrected chi connectivity index (χ2v) is 6.26. The molecule has 4 nitrogen and oxygen atoms in total. The van der Waals surface area contributed by atoms with Crippen LogP contribution < -0.4 is 5.73 Å². The lowest BCUT2D eigenvalue weighted by molar-refractivity contribution is 0.0224. The first-order chi connectivity index (χ1) is 8.78. The average Bonchev–Trinajstić information content (AvgIpc) is 2.31. The van der Waals surface area contributed by atoms with E-state index in [1.165, 1.54) is 0 Å². The first-order valence-electron chi connectivity index (χ1n) is 6.35. The first-order valence-corrected chi connectivity index (χ1v) is 6.80. The van der Waals surface area contributed by atoms with E-state index in [-0.39, 0.29) is 6.09 Å². The molecule has 0 aromatic heterocycles. The second-order valence-electron chi connectivity index (χ2n) is 5.78. The quantitative estimate of drug-likeness (QED) is 0.567. The van der Waals surface area contributed by atoms with Gasteiger partial charge in [0.05, 0.1) is 6.54 Å². The molecule has 0 bridgehead atoms.